The van der Waals surface area contributed by atoms with Crippen molar-refractivity contribution < 1.29 is 31.8 Å². The molecule has 5 rings (SSSR count). The number of hydrogen-bond acceptors (Lipinski definition) is 6. The Morgan fingerprint density at radius 3 is 2.00 bits per heavy atom. The van der Waals surface area contributed by atoms with Gasteiger partial charge in [0.2, 0.25) is 20.0 Å². The summed E-state index contributed by atoms with van der Waals surface area (Å²) in [7, 11) is -8.62. The van der Waals surface area contributed by atoms with Crippen molar-refractivity contribution >= 4 is 60.8 Å². The fraction of sp³-hybridized carbons (Fsp3) is 0.0882. The van der Waals surface area contributed by atoms with Crippen LogP contribution >= 0.6 is 34.8 Å². The molecule has 0 spiro atoms. The highest BCUT2D eigenvalue weighted by atomic mass is 35.5. The first-order valence-electron chi connectivity index (χ1n) is 14.2. The lowest BCUT2D eigenvalue weighted by atomic mass is 10.0. The molecule has 0 atom stereocenters. The van der Waals surface area contributed by atoms with Crippen LogP contribution in [0.5, 0.6) is 5.75 Å². The summed E-state index contributed by atoms with van der Waals surface area (Å²) in [6.45, 7) is -0.460. The molecule has 48 heavy (non-hydrogen) atoms. The maximum atomic E-state index is 14.1. The predicted molar refractivity (Wildman–Crippen MR) is 185 cm³/mol. The monoisotopic (exact) mass is 744 g/mol. The zero-order valence-corrected chi connectivity index (χ0v) is 28.7. The van der Waals surface area contributed by atoms with E-state index in [-0.39, 0.29) is 40.3 Å². The maximum absolute atomic E-state index is 14.1. The van der Waals surface area contributed by atoms with E-state index in [0.29, 0.717) is 16.7 Å². The number of rotatable bonds is 12. The number of carboxylic acid groups (broad SMARTS) is 1. The minimum atomic E-state index is -4.40. The number of nitrogens with zero attached hydrogens (tertiary/aromatic N) is 1. The Balaban J connectivity index is 1.43. The van der Waals surface area contributed by atoms with E-state index in [4.69, 9.17) is 34.8 Å². The summed E-state index contributed by atoms with van der Waals surface area (Å²) < 4.78 is 57.8. The van der Waals surface area contributed by atoms with Crippen LogP contribution < -0.4 is 4.72 Å². The molecule has 0 fully saturated rings. The summed E-state index contributed by atoms with van der Waals surface area (Å²) in [6, 6.07) is 29.4. The van der Waals surface area contributed by atoms with Crippen molar-refractivity contribution in [1.29, 1.82) is 0 Å². The molecule has 0 amide bonds. The van der Waals surface area contributed by atoms with Gasteiger partial charge in [-0.25, -0.2) is 26.4 Å². The van der Waals surface area contributed by atoms with Gasteiger partial charge in [0.05, 0.1) is 15.6 Å². The first-order valence-corrected chi connectivity index (χ1v) is 18.2. The third kappa shape index (κ3) is 8.19. The van der Waals surface area contributed by atoms with Crippen molar-refractivity contribution in [2.45, 2.75) is 29.4 Å². The van der Waals surface area contributed by atoms with Crippen molar-refractivity contribution in [3.63, 3.8) is 0 Å². The van der Waals surface area contributed by atoms with E-state index in [9.17, 15) is 31.8 Å². The summed E-state index contributed by atoms with van der Waals surface area (Å²) in [5.41, 5.74) is 3.35. The number of benzene rings is 5. The van der Waals surface area contributed by atoms with Crippen molar-refractivity contribution in [2.24, 2.45) is 0 Å². The van der Waals surface area contributed by atoms with Crippen LogP contribution in [0, 0.1) is 0 Å². The molecule has 0 heterocycles. The molecule has 14 heteroatoms. The van der Waals surface area contributed by atoms with Gasteiger partial charge in [0, 0.05) is 24.7 Å². The smallest absolute Gasteiger partial charge is 0.335 e. The van der Waals surface area contributed by atoms with Crippen molar-refractivity contribution in [3.8, 4) is 16.9 Å². The van der Waals surface area contributed by atoms with Crippen LogP contribution in [0.1, 0.15) is 27.0 Å². The second-order valence-corrected chi connectivity index (χ2v) is 15.6. The van der Waals surface area contributed by atoms with E-state index in [1.165, 1.54) is 18.2 Å². The summed E-state index contributed by atoms with van der Waals surface area (Å²) >= 11 is 18.3. The first kappa shape index (κ1) is 35.4. The third-order valence-corrected chi connectivity index (χ3v) is 11.5. The number of phenolic OH excluding ortho intramolecular Hbond substituents is 1. The summed E-state index contributed by atoms with van der Waals surface area (Å²) in [5, 5.41) is 19.6. The van der Waals surface area contributed by atoms with Crippen molar-refractivity contribution in [1.82, 2.24) is 9.03 Å². The van der Waals surface area contributed by atoms with Crippen molar-refractivity contribution in [2.75, 3.05) is 0 Å². The van der Waals surface area contributed by atoms with Crippen LogP contribution in [0.3, 0.4) is 0 Å². The Kier molecular flexibility index (Phi) is 10.8. The zero-order chi connectivity index (χ0) is 34.6. The molecule has 0 aliphatic rings. The molecule has 248 valence electrons. The predicted octanol–water partition coefficient (Wildman–Crippen LogP) is 7.59. The van der Waals surface area contributed by atoms with Gasteiger partial charge in [-0.05, 0) is 58.1 Å². The number of halogens is 3. The summed E-state index contributed by atoms with van der Waals surface area (Å²) in [6.07, 6.45) is 0. The Labute approximate surface area is 293 Å². The minimum Gasteiger partial charge on any atom is -0.505 e. The van der Waals surface area contributed by atoms with E-state index in [1.54, 1.807) is 24.3 Å². The first-order chi connectivity index (χ1) is 22.7. The van der Waals surface area contributed by atoms with E-state index in [0.717, 1.165) is 27.6 Å². The molecule has 5 aromatic rings. The van der Waals surface area contributed by atoms with Gasteiger partial charge in [0.1, 0.15) is 9.79 Å². The molecule has 9 nitrogen and oxygen atoms in total. The van der Waals surface area contributed by atoms with Crippen LogP contribution in [-0.4, -0.2) is 37.3 Å². The molecule has 0 aliphatic carbocycles. The molecule has 0 aliphatic heterocycles. The Morgan fingerprint density at radius 1 is 0.667 bits per heavy atom. The molecular weight excluding hydrogens is 719 g/mol. The normalized spacial score (nSPS) is 11.9. The maximum Gasteiger partial charge on any atom is 0.335 e. The average molecular weight is 746 g/mol. The van der Waals surface area contributed by atoms with Gasteiger partial charge >= 0.3 is 5.97 Å². The molecule has 5 aromatic carbocycles. The molecule has 0 saturated carbocycles. The SMILES string of the molecule is O=C(O)c1ccc(Cl)c(S(=O)(=O)NCc2cccc(CN(Cc3ccc(-c4ccccc4)cc3)S(=O)(=O)c3cc(Cl)cc(Cl)c3O)c2)c1. The highest BCUT2D eigenvalue weighted by Crippen LogP contribution is 2.37. The highest BCUT2D eigenvalue weighted by molar-refractivity contribution is 7.89. The van der Waals surface area contributed by atoms with Gasteiger partial charge in [-0.15, -0.1) is 0 Å². The lowest BCUT2D eigenvalue weighted by Crippen LogP contribution is -2.30. The highest BCUT2D eigenvalue weighted by Gasteiger charge is 2.30. The third-order valence-electron chi connectivity index (χ3n) is 7.32. The van der Waals surface area contributed by atoms with Crippen LogP contribution in [-0.2, 0) is 39.7 Å². The van der Waals surface area contributed by atoms with Gasteiger partial charge < -0.3 is 10.2 Å². The molecule has 0 bridgehead atoms. The Bertz CT molecular complexity index is 2200. The van der Waals surface area contributed by atoms with Gasteiger partial charge in [-0.2, -0.15) is 4.31 Å². The number of sulfonamides is 2. The van der Waals surface area contributed by atoms with Crippen molar-refractivity contribution in [3.05, 3.63) is 147 Å². The summed E-state index contributed by atoms with van der Waals surface area (Å²) in [4.78, 5) is 10.5. The molecule has 3 N–H and O–H groups in total. The van der Waals surface area contributed by atoms with Gasteiger partial charge in [0.25, 0.3) is 0 Å². The second kappa shape index (κ2) is 14.7. The minimum absolute atomic E-state index is 0.0202. The second-order valence-electron chi connectivity index (χ2n) is 10.7. The number of aromatic hydroxyl groups is 1. The van der Waals surface area contributed by atoms with E-state index < -0.39 is 41.6 Å². The zero-order valence-electron chi connectivity index (χ0n) is 24.8. The topological polar surface area (TPSA) is 141 Å². The van der Waals surface area contributed by atoms with Crippen LogP contribution in [0.4, 0.5) is 0 Å². The lowest BCUT2D eigenvalue weighted by Gasteiger charge is -2.24. The molecular formula is C34H27Cl3N2O7S2. The number of phenols is 1. The number of aromatic carboxylic acids is 1. The Morgan fingerprint density at radius 2 is 1.31 bits per heavy atom. The Hall–Kier alpha value is -3.94. The van der Waals surface area contributed by atoms with E-state index in [2.05, 4.69) is 4.72 Å². The number of hydrogen-bond donors (Lipinski definition) is 3. The molecule has 0 radical (unpaired) electrons. The fourth-order valence-electron chi connectivity index (χ4n) is 4.88. The fourth-order valence-corrected chi connectivity index (χ4v) is 8.58. The van der Waals surface area contributed by atoms with Crippen LogP contribution in [0.25, 0.3) is 11.1 Å². The largest absolute Gasteiger partial charge is 0.505 e. The van der Waals surface area contributed by atoms with Gasteiger partial charge in [-0.1, -0.05) is 114 Å². The quantitative estimate of drug-likeness (QED) is 0.120. The number of carboxylic acids is 1. The van der Waals surface area contributed by atoms with Crippen LogP contribution in [0.15, 0.2) is 119 Å². The molecule has 0 aromatic heterocycles. The van der Waals surface area contributed by atoms with Gasteiger partial charge in [0.15, 0.2) is 5.75 Å². The number of carbonyl (C=O) groups is 1. The van der Waals surface area contributed by atoms with Gasteiger partial charge in [-0.3, -0.25) is 0 Å². The summed E-state index contributed by atoms with van der Waals surface area (Å²) in [5.74, 6) is -1.95. The average Bonchev–Trinajstić information content (AvgIpc) is 3.06. The number of nitrogens with one attached hydrogen (secondary N) is 1. The lowest BCUT2D eigenvalue weighted by molar-refractivity contribution is 0.0696. The van der Waals surface area contributed by atoms with E-state index >= 15 is 0 Å². The standard InChI is InChI=1S/C34H27Cl3N2O7S2/c35-28-17-30(37)33(40)32(18-28)48(45,46)39(20-22-9-11-26(12-10-22)25-7-2-1-3-8-25)21-24-6-4-5-23(15-24)19-38-47(43,44)31-16-27(34(41)42)13-14-29(31)36/h1-18,38,40H,19-21H2,(H,41,42). The van der Waals surface area contributed by atoms with E-state index in [1.807, 2.05) is 54.6 Å². The molecule has 0 saturated heterocycles. The molecule has 0 unspecified atom stereocenters. The van der Waals surface area contributed by atoms with Crippen LogP contribution in [0.2, 0.25) is 15.1 Å².